The normalized spacial score (nSPS) is 25.7. The fourth-order valence-electron chi connectivity index (χ4n) is 4.28. The smallest absolute Gasteiger partial charge is 0.223 e. The van der Waals surface area contributed by atoms with E-state index in [-0.39, 0.29) is 0 Å². The van der Waals surface area contributed by atoms with Crippen LogP contribution < -0.4 is 0 Å². The zero-order chi connectivity index (χ0) is 15.2. The summed E-state index contributed by atoms with van der Waals surface area (Å²) in [6, 6.07) is 0. The number of nitrogens with zero attached hydrogens (tertiary/aromatic N) is 3. The summed E-state index contributed by atoms with van der Waals surface area (Å²) in [4.78, 5) is 19.5. The molecule has 0 saturated carbocycles. The molecule has 0 aromatic carbocycles. The highest BCUT2D eigenvalue weighted by Gasteiger charge is 2.23. The van der Waals surface area contributed by atoms with Crippen LogP contribution in [-0.2, 0) is 4.79 Å². The number of piperidine rings is 2. The molecule has 3 aliphatic rings. The summed E-state index contributed by atoms with van der Waals surface area (Å²) < 4.78 is 0. The van der Waals surface area contributed by atoms with Gasteiger partial charge in [-0.05, 0) is 77.0 Å². The van der Waals surface area contributed by atoms with Crippen LogP contribution in [0.15, 0.2) is 0 Å². The Labute approximate surface area is 135 Å². The summed E-state index contributed by atoms with van der Waals surface area (Å²) in [7, 11) is 0. The van der Waals surface area contributed by atoms with Crippen molar-refractivity contribution in [1.29, 1.82) is 0 Å². The topological polar surface area (TPSA) is 26.8 Å². The summed E-state index contributed by atoms with van der Waals surface area (Å²) in [6.07, 6.45) is 9.89. The molecule has 0 aromatic rings. The minimum Gasteiger partial charge on any atom is -0.343 e. The molecule has 3 heterocycles. The Hall–Kier alpha value is -0.610. The molecule has 3 aliphatic heterocycles. The van der Waals surface area contributed by atoms with Gasteiger partial charge in [0.2, 0.25) is 5.91 Å². The second kappa shape index (κ2) is 8.30. The fraction of sp³-hybridized carbons (Fsp3) is 0.944. The standard InChI is InChI=1S/C18H33N3O/c22-18(21-11-2-1-3-12-21)8-15-19-13-6-17(7-14-19)16-20-9-4-5-10-20/h17H,1-16H2. The van der Waals surface area contributed by atoms with Gasteiger partial charge >= 0.3 is 0 Å². The first-order chi connectivity index (χ1) is 10.8. The van der Waals surface area contributed by atoms with Crippen molar-refractivity contribution in [2.45, 2.75) is 51.4 Å². The van der Waals surface area contributed by atoms with E-state index in [0.717, 1.165) is 32.0 Å². The SMILES string of the molecule is O=C(CCN1CCC(CN2CCCC2)CC1)N1CCCCC1. The van der Waals surface area contributed by atoms with Crippen LogP contribution in [0.2, 0.25) is 0 Å². The van der Waals surface area contributed by atoms with Crippen molar-refractivity contribution in [2.24, 2.45) is 5.92 Å². The van der Waals surface area contributed by atoms with Crippen LogP contribution in [0.4, 0.5) is 0 Å². The maximum absolute atomic E-state index is 12.2. The highest BCUT2D eigenvalue weighted by molar-refractivity contribution is 5.76. The second-order valence-corrected chi connectivity index (χ2v) is 7.48. The van der Waals surface area contributed by atoms with E-state index in [4.69, 9.17) is 0 Å². The summed E-state index contributed by atoms with van der Waals surface area (Å²) in [6.45, 7) is 9.34. The Balaban J connectivity index is 1.30. The molecular formula is C18H33N3O. The lowest BCUT2D eigenvalue weighted by Crippen LogP contribution is -2.41. The van der Waals surface area contributed by atoms with E-state index in [1.54, 1.807) is 0 Å². The highest BCUT2D eigenvalue weighted by atomic mass is 16.2. The second-order valence-electron chi connectivity index (χ2n) is 7.48. The van der Waals surface area contributed by atoms with Crippen LogP contribution in [0, 0.1) is 5.92 Å². The molecule has 22 heavy (non-hydrogen) atoms. The molecule has 4 heteroatoms. The number of carbonyl (C=O) groups is 1. The first-order valence-electron chi connectivity index (χ1n) is 9.54. The average molecular weight is 307 g/mol. The Morgan fingerprint density at radius 3 is 2.09 bits per heavy atom. The average Bonchev–Trinajstić information content (AvgIpc) is 3.08. The van der Waals surface area contributed by atoms with Crippen molar-refractivity contribution in [3.63, 3.8) is 0 Å². The molecule has 4 nitrogen and oxygen atoms in total. The molecule has 0 spiro atoms. The van der Waals surface area contributed by atoms with Crippen molar-refractivity contribution in [3.05, 3.63) is 0 Å². The molecule has 0 N–H and O–H groups in total. The number of amides is 1. The van der Waals surface area contributed by atoms with Crippen LogP contribution >= 0.6 is 0 Å². The van der Waals surface area contributed by atoms with Gasteiger partial charge in [0.05, 0.1) is 0 Å². The third kappa shape index (κ3) is 4.69. The van der Waals surface area contributed by atoms with Gasteiger partial charge < -0.3 is 14.7 Å². The predicted molar refractivity (Wildman–Crippen MR) is 89.9 cm³/mol. The lowest BCUT2D eigenvalue weighted by atomic mass is 9.96. The van der Waals surface area contributed by atoms with Crippen LogP contribution in [0.5, 0.6) is 0 Å². The number of carbonyl (C=O) groups excluding carboxylic acids is 1. The van der Waals surface area contributed by atoms with Gasteiger partial charge in [-0.15, -0.1) is 0 Å². The first-order valence-corrected chi connectivity index (χ1v) is 9.54. The van der Waals surface area contributed by atoms with Gasteiger partial charge in [-0.2, -0.15) is 0 Å². The first kappa shape index (κ1) is 16.3. The summed E-state index contributed by atoms with van der Waals surface area (Å²) >= 11 is 0. The fourth-order valence-corrected chi connectivity index (χ4v) is 4.28. The van der Waals surface area contributed by atoms with Gasteiger partial charge in [0.25, 0.3) is 0 Å². The molecule has 1 amide bonds. The summed E-state index contributed by atoms with van der Waals surface area (Å²) in [5, 5.41) is 0. The van der Waals surface area contributed by atoms with Gasteiger partial charge in [0.15, 0.2) is 0 Å². The molecule has 126 valence electrons. The Kier molecular flexibility index (Phi) is 6.13. The third-order valence-electron chi connectivity index (χ3n) is 5.77. The zero-order valence-corrected chi connectivity index (χ0v) is 14.1. The van der Waals surface area contributed by atoms with Gasteiger partial charge in [0.1, 0.15) is 0 Å². The van der Waals surface area contributed by atoms with Crippen molar-refractivity contribution < 1.29 is 4.79 Å². The number of hydrogen-bond donors (Lipinski definition) is 0. The summed E-state index contributed by atoms with van der Waals surface area (Å²) in [5.74, 6) is 1.28. The number of hydrogen-bond acceptors (Lipinski definition) is 3. The Morgan fingerprint density at radius 1 is 0.773 bits per heavy atom. The predicted octanol–water partition coefficient (Wildman–Crippen LogP) is 2.20. The monoisotopic (exact) mass is 307 g/mol. The van der Waals surface area contributed by atoms with Crippen LogP contribution in [0.3, 0.4) is 0 Å². The van der Waals surface area contributed by atoms with Crippen molar-refractivity contribution in [2.75, 3.05) is 52.4 Å². The van der Waals surface area contributed by atoms with E-state index < -0.39 is 0 Å². The van der Waals surface area contributed by atoms with Crippen LogP contribution in [-0.4, -0.2) is 73.0 Å². The minimum atomic E-state index is 0.388. The van der Waals surface area contributed by atoms with Gasteiger partial charge in [0, 0.05) is 32.6 Å². The van der Waals surface area contributed by atoms with Crippen LogP contribution in [0.25, 0.3) is 0 Å². The quantitative estimate of drug-likeness (QED) is 0.779. The molecule has 0 bridgehead atoms. The Bertz CT molecular complexity index is 340. The maximum atomic E-state index is 12.2. The van der Waals surface area contributed by atoms with E-state index in [2.05, 4.69) is 14.7 Å². The van der Waals surface area contributed by atoms with Gasteiger partial charge in [-0.25, -0.2) is 0 Å². The molecule has 0 unspecified atom stereocenters. The largest absolute Gasteiger partial charge is 0.343 e. The van der Waals surface area contributed by atoms with E-state index in [0.29, 0.717) is 5.91 Å². The van der Waals surface area contributed by atoms with Crippen LogP contribution in [0.1, 0.15) is 51.4 Å². The number of rotatable bonds is 5. The molecule has 3 saturated heterocycles. The minimum absolute atomic E-state index is 0.388. The molecular weight excluding hydrogens is 274 g/mol. The molecule has 3 rings (SSSR count). The van der Waals surface area contributed by atoms with Gasteiger partial charge in [-0.1, -0.05) is 0 Å². The molecule has 0 radical (unpaired) electrons. The molecule has 0 aliphatic carbocycles. The zero-order valence-electron chi connectivity index (χ0n) is 14.1. The molecule has 0 atom stereocenters. The van der Waals surface area contributed by atoms with E-state index >= 15 is 0 Å². The maximum Gasteiger partial charge on any atom is 0.223 e. The summed E-state index contributed by atoms with van der Waals surface area (Å²) in [5.41, 5.74) is 0. The lowest BCUT2D eigenvalue weighted by molar-refractivity contribution is -0.132. The third-order valence-corrected chi connectivity index (χ3v) is 5.77. The van der Waals surface area contributed by atoms with Crippen molar-refractivity contribution >= 4 is 5.91 Å². The van der Waals surface area contributed by atoms with Crippen molar-refractivity contribution in [1.82, 2.24) is 14.7 Å². The lowest BCUT2D eigenvalue weighted by Gasteiger charge is -2.34. The number of likely N-dealkylation sites (tertiary alicyclic amines) is 3. The molecule has 3 fully saturated rings. The highest BCUT2D eigenvalue weighted by Crippen LogP contribution is 2.21. The van der Waals surface area contributed by atoms with Crippen molar-refractivity contribution in [3.8, 4) is 0 Å². The van der Waals surface area contributed by atoms with E-state index in [9.17, 15) is 4.79 Å². The van der Waals surface area contributed by atoms with E-state index in [1.807, 2.05) is 0 Å². The molecule has 0 aromatic heterocycles. The van der Waals surface area contributed by atoms with E-state index in [1.165, 1.54) is 77.7 Å². The van der Waals surface area contributed by atoms with Gasteiger partial charge in [-0.3, -0.25) is 4.79 Å². The Morgan fingerprint density at radius 2 is 1.41 bits per heavy atom.